The summed E-state index contributed by atoms with van der Waals surface area (Å²) >= 11 is 0. The zero-order valence-electron chi connectivity index (χ0n) is 40.2. The second kappa shape index (κ2) is 51.2. The van der Waals surface area contributed by atoms with Gasteiger partial charge in [-0.3, -0.25) is 9.59 Å². The van der Waals surface area contributed by atoms with Gasteiger partial charge in [-0.15, -0.1) is 0 Å². The van der Waals surface area contributed by atoms with E-state index in [-0.39, 0.29) is 25.2 Å². The molecule has 0 aliphatic heterocycles. The Morgan fingerprint density at radius 2 is 0.700 bits per heavy atom. The third-order valence-corrected chi connectivity index (χ3v) is 11.3. The quantitative estimate of drug-likeness (QED) is 0.0347. The van der Waals surface area contributed by atoms with Gasteiger partial charge in [0.2, 0.25) is 0 Å². The lowest BCUT2D eigenvalue weighted by atomic mass is 10.1. The van der Waals surface area contributed by atoms with Crippen LogP contribution in [0.4, 0.5) is 0 Å². The molecule has 0 saturated heterocycles. The summed E-state index contributed by atoms with van der Waals surface area (Å²) in [6.07, 6.45) is 62.6. The number of unbranched alkanes of at least 4 members (excludes halogenated alkanes) is 29. The van der Waals surface area contributed by atoms with Crippen molar-refractivity contribution >= 4 is 11.9 Å². The van der Waals surface area contributed by atoms with Gasteiger partial charge >= 0.3 is 11.9 Å². The third-order valence-electron chi connectivity index (χ3n) is 11.3. The molecule has 0 N–H and O–H groups in total. The molecule has 350 valence electrons. The summed E-state index contributed by atoms with van der Waals surface area (Å²) in [6, 6.07) is 0. The van der Waals surface area contributed by atoms with Gasteiger partial charge in [0.1, 0.15) is 6.61 Å². The van der Waals surface area contributed by atoms with Gasteiger partial charge in [0.15, 0.2) is 6.10 Å². The highest BCUT2D eigenvalue weighted by atomic mass is 16.6. The van der Waals surface area contributed by atoms with E-state index in [4.69, 9.17) is 14.2 Å². The molecule has 0 aliphatic rings. The molecule has 0 aromatic heterocycles. The molecule has 0 radical (unpaired) electrons. The summed E-state index contributed by atoms with van der Waals surface area (Å²) in [4.78, 5) is 25.3. The maximum Gasteiger partial charge on any atom is 0.306 e. The number of ether oxygens (including phenoxy) is 3. The molecule has 60 heavy (non-hydrogen) atoms. The lowest BCUT2D eigenvalue weighted by Crippen LogP contribution is -2.30. The van der Waals surface area contributed by atoms with Crippen molar-refractivity contribution in [2.75, 3.05) is 19.8 Å². The predicted octanol–water partition coefficient (Wildman–Crippen LogP) is 17.6. The van der Waals surface area contributed by atoms with Crippen LogP contribution in [0.15, 0.2) is 48.6 Å². The van der Waals surface area contributed by atoms with Gasteiger partial charge in [-0.2, -0.15) is 0 Å². The van der Waals surface area contributed by atoms with Crippen molar-refractivity contribution in [1.82, 2.24) is 0 Å². The molecular weight excluding hydrogens is 741 g/mol. The van der Waals surface area contributed by atoms with Gasteiger partial charge < -0.3 is 14.2 Å². The van der Waals surface area contributed by atoms with Crippen LogP contribution in [0.3, 0.4) is 0 Å². The van der Waals surface area contributed by atoms with E-state index in [0.717, 1.165) is 70.6 Å². The first-order valence-electron chi connectivity index (χ1n) is 26.2. The first-order valence-corrected chi connectivity index (χ1v) is 26.2. The summed E-state index contributed by atoms with van der Waals surface area (Å²) in [5.41, 5.74) is 0. The molecular formula is C55H100O5. The fourth-order valence-electron chi connectivity index (χ4n) is 7.39. The SMILES string of the molecule is CCCCC/C=C\C/C=C\C/C=C\CCCCCCCCC(=O)OCC(COCCCCCCCCCC)OC(=O)CCCCCCCCC/C=C\CCCCCCCC. The minimum atomic E-state index is -0.539. The van der Waals surface area contributed by atoms with Crippen molar-refractivity contribution in [1.29, 1.82) is 0 Å². The minimum Gasteiger partial charge on any atom is -0.462 e. The molecule has 0 aromatic rings. The zero-order valence-corrected chi connectivity index (χ0v) is 40.2. The molecule has 0 rings (SSSR count). The van der Waals surface area contributed by atoms with Gasteiger partial charge in [0, 0.05) is 19.4 Å². The van der Waals surface area contributed by atoms with Gasteiger partial charge in [-0.25, -0.2) is 0 Å². The molecule has 0 spiro atoms. The van der Waals surface area contributed by atoms with E-state index in [1.54, 1.807) is 0 Å². The molecule has 0 heterocycles. The molecule has 1 atom stereocenters. The normalized spacial score (nSPS) is 12.5. The Labute approximate surface area is 373 Å². The van der Waals surface area contributed by atoms with Crippen LogP contribution in [0, 0.1) is 0 Å². The van der Waals surface area contributed by atoms with E-state index in [1.165, 1.54) is 161 Å². The molecule has 0 fully saturated rings. The average Bonchev–Trinajstić information content (AvgIpc) is 3.25. The Hall–Kier alpha value is -2.14. The van der Waals surface area contributed by atoms with Crippen molar-refractivity contribution < 1.29 is 23.8 Å². The Morgan fingerprint density at radius 3 is 1.17 bits per heavy atom. The molecule has 5 heteroatoms. The maximum atomic E-state index is 12.8. The summed E-state index contributed by atoms with van der Waals surface area (Å²) in [5, 5.41) is 0. The fraction of sp³-hybridized carbons (Fsp3) is 0.818. The van der Waals surface area contributed by atoms with Crippen LogP contribution < -0.4 is 0 Å². The van der Waals surface area contributed by atoms with Crippen LogP contribution in [0.5, 0.6) is 0 Å². The van der Waals surface area contributed by atoms with Crippen molar-refractivity contribution in [2.45, 2.75) is 271 Å². The van der Waals surface area contributed by atoms with Gasteiger partial charge in [0.25, 0.3) is 0 Å². The Balaban J connectivity index is 4.17. The standard InChI is InChI=1S/C55H100O5/c1-4-7-10-13-16-19-21-23-25-27-28-30-31-33-35-37-39-42-45-48-54(56)59-52-53(51-58-50-47-44-41-18-15-12-9-6-3)60-55(57)49-46-43-40-38-36-34-32-29-26-24-22-20-17-14-11-8-5-2/h16,19,23-26,28,30,53H,4-15,17-18,20-22,27,29,31-52H2,1-3H3/b19-16-,25-23-,26-24-,30-28-. The zero-order chi connectivity index (χ0) is 43.5. The van der Waals surface area contributed by atoms with Crippen LogP contribution >= 0.6 is 0 Å². The van der Waals surface area contributed by atoms with E-state index in [9.17, 15) is 9.59 Å². The summed E-state index contributed by atoms with van der Waals surface area (Å²) in [7, 11) is 0. The molecule has 0 saturated carbocycles. The number of rotatable bonds is 48. The summed E-state index contributed by atoms with van der Waals surface area (Å²) < 4.78 is 17.3. The van der Waals surface area contributed by atoms with Crippen LogP contribution in [0.1, 0.15) is 265 Å². The van der Waals surface area contributed by atoms with Crippen LogP contribution in [0.2, 0.25) is 0 Å². The fourth-order valence-corrected chi connectivity index (χ4v) is 7.39. The average molecular weight is 841 g/mol. The molecule has 0 aliphatic carbocycles. The smallest absolute Gasteiger partial charge is 0.306 e. The molecule has 0 amide bonds. The number of carbonyl (C=O) groups is 2. The first kappa shape index (κ1) is 57.9. The monoisotopic (exact) mass is 841 g/mol. The highest BCUT2D eigenvalue weighted by molar-refractivity contribution is 5.70. The third kappa shape index (κ3) is 48.5. The molecule has 0 aromatic carbocycles. The van der Waals surface area contributed by atoms with Crippen molar-refractivity contribution in [3.8, 4) is 0 Å². The first-order chi connectivity index (χ1) is 29.6. The minimum absolute atomic E-state index is 0.0791. The van der Waals surface area contributed by atoms with Crippen molar-refractivity contribution in [3.63, 3.8) is 0 Å². The maximum absolute atomic E-state index is 12.8. The van der Waals surface area contributed by atoms with E-state index in [0.29, 0.717) is 19.4 Å². The number of esters is 2. The number of allylic oxidation sites excluding steroid dienone is 8. The number of hydrogen-bond donors (Lipinski definition) is 0. The Morgan fingerprint density at radius 1 is 0.367 bits per heavy atom. The largest absolute Gasteiger partial charge is 0.462 e. The molecule has 0 bridgehead atoms. The van der Waals surface area contributed by atoms with Crippen LogP contribution in [0.25, 0.3) is 0 Å². The van der Waals surface area contributed by atoms with Crippen molar-refractivity contribution in [3.05, 3.63) is 48.6 Å². The van der Waals surface area contributed by atoms with Crippen LogP contribution in [-0.4, -0.2) is 37.9 Å². The van der Waals surface area contributed by atoms with E-state index >= 15 is 0 Å². The van der Waals surface area contributed by atoms with Gasteiger partial charge in [0.05, 0.1) is 6.61 Å². The second-order valence-electron chi connectivity index (χ2n) is 17.4. The van der Waals surface area contributed by atoms with E-state index in [2.05, 4.69) is 69.4 Å². The molecule has 1 unspecified atom stereocenters. The predicted molar refractivity (Wildman–Crippen MR) is 261 cm³/mol. The highest BCUT2D eigenvalue weighted by Crippen LogP contribution is 2.14. The van der Waals surface area contributed by atoms with Gasteiger partial charge in [-0.05, 0) is 83.5 Å². The summed E-state index contributed by atoms with van der Waals surface area (Å²) in [6.45, 7) is 7.79. The summed E-state index contributed by atoms with van der Waals surface area (Å²) in [5.74, 6) is -0.409. The topological polar surface area (TPSA) is 61.8 Å². The Bertz CT molecular complexity index is 997. The lowest BCUT2D eigenvalue weighted by Gasteiger charge is -2.18. The number of hydrogen-bond acceptors (Lipinski definition) is 5. The second-order valence-corrected chi connectivity index (χ2v) is 17.4. The van der Waals surface area contributed by atoms with Gasteiger partial charge in [-0.1, -0.05) is 217 Å². The van der Waals surface area contributed by atoms with E-state index in [1.807, 2.05) is 0 Å². The van der Waals surface area contributed by atoms with Crippen molar-refractivity contribution in [2.24, 2.45) is 0 Å². The lowest BCUT2D eigenvalue weighted by molar-refractivity contribution is -0.163. The number of carbonyl (C=O) groups excluding carboxylic acids is 2. The van der Waals surface area contributed by atoms with E-state index < -0.39 is 6.10 Å². The Kier molecular flexibility index (Phi) is 49.4. The van der Waals surface area contributed by atoms with Crippen LogP contribution in [-0.2, 0) is 23.8 Å². The highest BCUT2D eigenvalue weighted by Gasteiger charge is 2.17. The molecule has 5 nitrogen and oxygen atoms in total.